The Morgan fingerprint density at radius 3 is 1.52 bits per heavy atom. The standard InChI is InChI=1S/C22H26N2O6.2C7H6O2.Al.K/c25-21-17-3-1-5-19(21)29-13-11-27-9-10-28-12-14-30-20-6-2-4-18(22(20)26)16-24-8-7-23-15-17;2*8-7(9)6-4-2-1-3-5-6;;/h1-6,15-16,25-26H,7-14H2;2*1-5H,(H,8,9);;/q;;;+3;+1/p-4. The number of nitrogens with zero attached hydrogens (tertiary/aromatic N) is 2. The second-order valence-corrected chi connectivity index (χ2v) is 11.6. The van der Waals surface area contributed by atoms with E-state index >= 15 is 0 Å². The van der Waals surface area contributed by atoms with Crippen LogP contribution in [0.1, 0.15) is 31.8 Å². The summed E-state index contributed by atoms with van der Waals surface area (Å²) < 4.78 is 42.0. The second kappa shape index (κ2) is 21.6. The molecule has 0 aromatic heterocycles. The van der Waals surface area contributed by atoms with Crippen LogP contribution in [0.3, 0.4) is 0 Å². The molecule has 2 heterocycles. The van der Waals surface area contributed by atoms with Crippen LogP contribution in [0.25, 0.3) is 0 Å². The Hall–Kier alpha value is -3.55. The van der Waals surface area contributed by atoms with E-state index in [0.29, 0.717) is 79.2 Å². The van der Waals surface area contributed by atoms with Crippen molar-refractivity contribution in [3.8, 4) is 23.0 Å². The third kappa shape index (κ3) is 12.3. The van der Waals surface area contributed by atoms with Crippen molar-refractivity contribution < 1.29 is 96.4 Å². The smallest absolute Gasteiger partial charge is 0.574 e. The number of ether oxygens (including phenoxy) is 4. The summed E-state index contributed by atoms with van der Waals surface area (Å²) in [6, 6.07) is 27.7. The first-order valence-electron chi connectivity index (χ1n) is 15.6. The summed E-state index contributed by atoms with van der Waals surface area (Å²) >= 11 is -3.32. The third-order valence-corrected chi connectivity index (χ3v) is 8.09. The molecule has 0 aliphatic carbocycles. The van der Waals surface area contributed by atoms with Crippen molar-refractivity contribution in [2.75, 3.05) is 52.7 Å². The van der Waals surface area contributed by atoms with Gasteiger partial charge in [-0.2, -0.15) is 0 Å². The minimum atomic E-state index is -3.32. The predicted molar refractivity (Wildman–Crippen MR) is 180 cm³/mol. The first kappa shape index (κ1) is 39.2. The third-order valence-electron chi connectivity index (χ3n) is 6.83. The van der Waals surface area contributed by atoms with Crippen molar-refractivity contribution in [3.05, 3.63) is 119 Å². The van der Waals surface area contributed by atoms with Crippen LogP contribution in [0.5, 0.6) is 23.0 Å². The Labute approximate surface area is 337 Å². The van der Waals surface area contributed by atoms with Gasteiger partial charge >= 0.3 is 72.5 Å². The Morgan fingerprint density at radius 2 is 1.06 bits per heavy atom. The SMILES string of the molecule is O=C([O-])c1ccccc1.O=C([O][Al]1[O]c2c3cccc2OCCOCCOCCOc2cccc(c2[O]1)C=NCCN=C3)c1ccccc1.[K+]. The zero-order valence-electron chi connectivity index (χ0n) is 27.6. The van der Waals surface area contributed by atoms with Crippen molar-refractivity contribution in [1.29, 1.82) is 0 Å². The van der Waals surface area contributed by atoms with Crippen molar-refractivity contribution in [2.24, 2.45) is 9.98 Å². The summed E-state index contributed by atoms with van der Waals surface area (Å²) in [7, 11) is 0. The molecule has 0 unspecified atom stereocenters. The minimum Gasteiger partial charge on any atom is -0.574 e. The number of carboxylic acid groups (broad SMARTS) is 1. The molecule has 2 aliphatic heterocycles. The number of benzene rings is 4. The van der Waals surface area contributed by atoms with Gasteiger partial charge in [-0.15, -0.1) is 0 Å². The molecule has 0 saturated heterocycles. The number of carbonyl (C=O) groups is 2. The number of rotatable bonds is 3. The quantitative estimate of drug-likeness (QED) is 0.277. The van der Waals surface area contributed by atoms with Crippen LogP contribution in [0.2, 0.25) is 0 Å². The van der Waals surface area contributed by atoms with Crippen LogP contribution >= 0.6 is 0 Å². The van der Waals surface area contributed by atoms with E-state index in [-0.39, 0.29) is 70.2 Å². The Balaban J connectivity index is 0.000000490. The first-order valence-corrected chi connectivity index (χ1v) is 17.0. The molecule has 252 valence electrons. The monoisotopic (exact) mass is 720 g/mol. The molecule has 0 spiro atoms. The van der Waals surface area contributed by atoms with Crippen LogP contribution < -0.4 is 73.5 Å². The number of aromatic carboxylic acids is 1. The van der Waals surface area contributed by atoms with Gasteiger partial charge in [-0.3, -0.25) is 9.98 Å². The molecule has 0 atom stereocenters. The second-order valence-electron chi connectivity index (χ2n) is 10.3. The number of carbonyl (C=O) groups excluding carboxylic acids is 2. The van der Waals surface area contributed by atoms with E-state index in [9.17, 15) is 14.7 Å². The molecule has 0 fully saturated rings. The molecule has 4 aromatic rings. The van der Waals surface area contributed by atoms with Gasteiger partial charge in [0.2, 0.25) is 0 Å². The molecule has 0 radical (unpaired) electrons. The largest absolute Gasteiger partial charge is 1.20 e. The first-order chi connectivity index (χ1) is 24.1. The summed E-state index contributed by atoms with van der Waals surface area (Å²) in [5, 5.41) is 10.1. The molecular weight excluding hydrogens is 686 g/mol. The van der Waals surface area contributed by atoms with Crippen LogP contribution in [-0.2, 0) is 13.3 Å². The number of hydrogen-bond acceptors (Lipinski definition) is 12. The summed E-state index contributed by atoms with van der Waals surface area (Å²) in [6.45, 7) is 3.02. The number of aliphatic imine (C=N–C) groups is 2. The van der Waals surface area contributed by atoms with Crippen molar-refractivity contribution in [1.82, 2.24) is 0 Å². The maximum Gasteiger partial charge on any atom is 1.20 e. The van der Waals surface area contributed by atoms with Gasteiger partial charge in [-0.25, -0.2) is 4.79 Å². The molecule has 2 aliphatic rings. The van der Waals surface area contributed by atoms with Gasteiger partial charge in [0.05, 0.1) is 51.0 Å². The molecule has 12 nitrogen and oxygen atoms in total. The molecular formula is C36H34AlKN2O10. The number of hydrogen-bond donors (Lipinski definition) is 0. The van der Waals surface area contributed by atoms with Gasteiger partial charge in [0.15, 0.2) is 11.5 Å². The fourth-order valence-corrected chi connectivity index (χ4v) is 5.85. The number of fused-ring (bicyclic) bond motifs is 2. The van der Waals surface area contributed by atoms with Crippen LogP contribution in [0, 0.1) is 0 Å². The summed E-state index contributed by atoms with van der Waals surface area (Å²) in [5.74, 6) is -0.0955. The molecule has 14 heteroatoms. The molecule has 0 saturated carbocycles. The zero-order chi connectivity index (χ0) is 34.1. The summed E-state index contributed by atoms with van der Waals surface area (Å²) in [4.78, 5) is 32.3. The summed E-state index contributed by atoms with van der Waals surface area (Å²) in [6.07, 6.45) is 3.39. The van der Waals surface area contributed by atoms with E-state index < -0.39 is 27.1 Å². The minimum absolute atomic E-state index is 0. The molecule has 50 heavy (non-hydrogen) atoms. The van der Waals surface area contributed by atoms with Crippen molar-refractivity contribution in [2.45, 2.75) is 0 Å². The van der Waals surface area contributed by atoms with E-state index in [2.05, 4.69) is 9.98 Å². The molecule has 4 aromatic carbocycles. The predicted octanol–water partition coefficient (Wildman–Crippen LogP) is 0.696. The fraction of sp³-hybridized carbons (Fsp3) is 0.222. The zero-order valence-corrected chi connectivity index (χ0v) is 31.9. The Bertz CT molecular complexity index is 1650. The Kier molecular flexibility index (Phi) is 17.0. The molecule has 0 amide bonds. The normalized spacial score (nSPS) is 14.5. The molecule has 2 bridgehead atoms. The van der Waals surface area contributed by atoms with E-state index in [1.165, 1.54) is 12.1 Å². The van der Waals surface area contributed by atoms with Crippen LogP contribution in [-0.4, -0.2) is 92.2 Å². The van der Waals surface area contributed by atoms with E-state index in [1.807, 2.05) is 30.3 Å². The molecule has 0 N–H and O–H groups in total. The van der Waals surface area contributed by atoms with Gasteiger partial charge in [0.1, 0.15) is 24.7 Å². The average Bonchev–Trinajstić information content (AvgIpc) is 3.14. The maximum absolute atomic E-state index is 13.2. The van der Waals surface area contributed by atoms with Crippen LogP contribution in [0.15, 0.2) is 107 Å². The van der Waals surface area contributed by atoms with Gasteiger partial charge in [-0.1, -0.05) is 60.7 Å². The Morgan fingerprint density at radius 1 is 0.600 bits per heavy atom. The van der Waals surface area contributed by atoms with Gasteiger partial charge < -0.3 is 40.2 Å². The van der Waals surface area contributed by atoms with Gasteiger partial charge in [0, 0.05) is 23.6 Å². The fourth-order valence-electron chi connectivity index (χ4n) is 4.50. The van der Waals surface area contributed by atoms with Crippen LogP contribution in [0.4, 0.5) is 0 Å². The van der Waals surface area contributed by atoms with Gasteiger partial charge in [-0.05, 0) is 42.0 Å². The number of carboxylic acids is 1. The van der Waals surface area contributed by atoms with E-state index in [1.54, 1.807) is 67.0 Å². The van der Waals surface area contributed by atoms with E-state index in [0.717, 1.165) is 0 Å². The topological polar surface area (TPSA) is 147 Å². The maximum atomic E-state index is 13.2. The summed E-state index contributed by atoms with van der Waals surface area (Å²) in [5.41, 5.74) is 1.89. The average molecular weight is 721 g/mol. The van der Waals surface area contributed by atoms with Gasteiger partial charge in [0.25, 0.3) is 0 Å². The van der Waals surface area contributed by atoms with Crippen molar-refractivity contribution in [3.63, 3.8) is 0 Å². The van der Waals surface area contributed by atoms with Crippen molar-refractivity contribution >= 4 is 39.5 Å². The van der Waals surface area contributed by atoms with E-state index in [4.69, 9.17) is 30.3 Å². The molecule has 6 rings (SSSR count). The number of para-hydroxylation sites is 2.